The second kappa shape index (κ2) is 3.18. The van der Waals surface area contributed by atoms with Crippen molar-refractivity contribution in [3.05, 3.63) is 12.7 Å². The van der Waals surface area contributed by atoms with Crippen LogP contribution in [0.25, 0.3) is 0 Å². The Balaban J connectivity index is 2.14. The molecule has 1 rings (SSSR count). The molecule has 0 bridgehead atoms. The Morgan fingerprint density at radius 1 is 1.75 bits per heavy atom. The van der Waals surface area contributed by atoms with E-state index in [0.29, 0.717) is 0 Å². The summed E-state index contributed by atoms with van der Waals surface area (Å²) in [5.41, 5.74) is 0. The van der Waals surface area contributed by atoms with E-state index < -0.39 is 0 Å². The largest absolute Gasteiger partial charge is 0.158 e. The van der Waals surface area contributed by atoms with Gasteiger partial charge in [-0.25, -0.2) is 0 Å². The Labute approximate surface area is 55.4 Å². The highest BCUT2D eigenvalue weighted by Gasteiger charge is 2.12. The first-order valence-corrected chi connectivity index (χ1v) is 4.21. The third-order valence-corrected chi connectivity index (χ3v) is 2.88. The van der Waals surface area contributed by atoms with E-state index in [2.05, 4.69) is 18.3 Å². The standard InChI is InChI=1S/C7H12S/c1-2-4-7-5-3-6-8-7/h2,7H,1,3-6H2. The van der Waals surface area contributed by atoms with E-state index in [1.54, 1.807) is 0 Å². The maximum Gasteiger partial charge on any atom is 0.00817 e. The van der Waals surface area contributed by atoms with Gasteiger partial charge >= 0.3 is 0 Å². The van der Waals surface area contributed by atoms with Gasteiger partial charge in [-0.15, -0.1) is 6.58 Å². The highest BCUT2D eigenvalue weighted by atomic mass is 32.2. The van der Waals surface area contributed by atoms with Crippen molar-refractivity contribution < 1.29 is 0 Å². The van der Waals surface area contributed by atoms with E-state index in [4.69, 9.17) is 0 Å². The minimum absolute atomic E-state index is 0.910. The van der Waals surface area contributed by atoms with Crippen molar-refractivity contribution in [1.82, 2.24) is 0 Å². The summed E-state index contributed by atoms with van der Waals surface area (Å²) in [6.07, 6.45) is 6.08. The lowest BCUT2D eigenvalue weighted by Crippen LogP contribution is -1.91. The summed E-state index contributed by atoms with van der Waals surface area (Å²) in [5, 5.41) is 0.910. The topological polar surface area (TPSA) is 0 Å². The molecule has 1 heterocycles. The van der Waals surface area contributed by atoms with Crippen LogP contribution in [-0.4, -0.2) is 11.0 Å². The minimum atomic E-state index is 0.910. The average Bonchev–Trinajstić information content (AvgIpc) is 2.19. The zero-order valence-corrected chi connectivity index (χ0v) is 5.91. The van der Waals surface area contributed by atoms with Gasteiger partial charge < -0.3 is 0 Å². The van der Waals surface area contributed by atoms with Crippen molar-refractivity contribution in [2.75, 3.05) is 5.75 Å². The number of hydrogen-bond donors (Lipinski definition) is 0. The fraction of sp³-hybridized carbons (Fsp3) is 0.714. The molecule has 0 saturated carbocycles. The molecule has 8 heavy (non-hydrogen) atoms. The molecule has 1 atom stereocenters. The van der Waals surface area contributed by atoms with E-state index in [1.165, 1.54) is 25.0 Å². The van der Waals surface area contributed by atoms with Gasteiger partial charge in [-0.3, -0.25) is 0 Å². The first-order chi connectivity index (χ1) is 3.93. The van der Waals surface area contributed by atoms with Crippen LogP contribution in [0.3, 0.4) is 0 Å². The Bertz CT molecular complexity index is 72.5. The second-order valence-corrected chi connectivity index (χ2v) is 3.57. The van der Waals surface area contributed by atoms with E-state index in [-0.39, 0.29) is 0 Å². The van der Waals surface area contributed by atoms with Crippen molar-refractivity contribution in [3.8, 4) is 0 Å². The molecular weight excluding hydrogens is 116 g/mol. The van der Waals surface area contributed by atoms with Crippen LogP contribution in [0.15, 0.2) is 12.7 Å². The Kier molecular flexibility index (Phi) is 2.47. The van der Waals surface area contributed by atoms with Gasteiger partial charge in [-0.2, -0.15) is 11.8 Å². The summed E-state index contributed by atoms with van der Waals surface area (Å²) in [6, 6.07) is 0. The Morgan fingerprint density at radius 2 is 2.62 bits per heavy atom. The van der Waals surface area contributed by atoms with Crippen LogP contribution in [0, 0.1) is 0 Å². The Morgan fingerprint density at radius 3 is 3.12 bits per heavy atom. The lowest BCUT2D eigenvalue weighted by Gasteiger charge is -2.00. The third kappa shape index (κ3) is 1.55. The SMILES string of the molecule is C=CCC1CCCS1. The molecule has 0 nitrogen and oxygen atoms in total. The molecule has 1 aliphatic rings. The number of thioether (sulfide) groups is 1. The molecule has 46 valence electrons. The van der Waals surface area contributed by atoms with Gasteiger partial charge in [0.25, 0.3) is 0 Å². The van der Waals surface area contributed by atoms with E-state index in [1.807, 2.05) is 6.08 Å². The summed E-state index contributed by atoms with van der Waals surface area (Å²) in [6.45, 7) is 3.71. The van der Waals surface area contributed by atoms with Crippen molar-refractivity contribution >= 4 is 11.8 Å². The molecule has 1 fully saturated rings. The average molecular weight is 128 g/mol. The fourth-order valence-corrected chi connectivity index (χ4v) is 2.29. The van der Waals surface area contributed by atoms with E-state index >= 15 is 0 Å². The number of hydrogen-bond acceptors (Lipinski definition) is 1. The van der Waals surface area contributed by atoms with Gasteiger partial charge in [0.2, 0.25) is 0 Å². The summed E-state index contributed by atoms with van der Waals surface area (Å²) in [7, 11) is 0. The molecule has 0 spiro atoms. The molecule has 0 aliphatic carbocycles. The zero-order valence-electron chi connectivity index (χ0n) is 5.10. The minimum Gasteiger partial charge on any atom is -0.158 e. The molecule has 1 saturated heterocycles. The lowest BCUT2D eigenvalue weighted by molar-refractivity contribution is 0.792. The molecule has 1 aliphatic heterocycles. The maximum atomic E-state index is 3.71. The van der Waals surface area contributed by atoms with Crippen LogP contribution in [0.2, 0.25) is 0 Å². The van der Waals surface area contributed by atoms with Crippen LogP contribution >= 0.6 is 11.8 Å². The van der Waals surface area contributed by atoms with Crippen LogP contribution in [0.1, 0.15) is 19.3 Å². The number of rotatable bonds is 2. The lowest BCUT2D eigenvalue weighted by atomic mass is 10.2. The van der Waals surface area contributed by atoms with Crippen molar-refractivity contribution in [2.45, 2.75) is 24.5 Å². The van der Waals surface area contributed by atoms with Crippen LogP contribution in [0.4, 0.5) is 0 Å². The second-order valence-electron chi connectivity index (χ2n) is 2.16. The molecule has 0 radical (unpaired) electrons. The van der Waals surface area contributed by atoms with Crippen molar-refractivity contribution in [1.29, 1.82) is 0 Å². The summed E-state index contributed by atoms with van der Waals surface area (Å²) in [4.78, 5) is 0. The predicted molar refractivity (Wildman–Crippen MR) is 40.3 cm³/mol. The quantitative estimate of drug-likeness (QED) is 0.515. The highest BCUT2D eigenvalue weighted by Crippen LogP contribution is 2.28. The van der Waals surface area contributed by atoms with Gasteiger partial charge in [0.15, 0.2) is 0 Å². The monoisotopic (exact) mass is 128 g/mol. The summed E-state index contributed by atoms with van der Waals surface area (Å²) >= 11 is 2.10. The predicted octanol–water partition coefficient (Wildman–Crippen LogP) is 2.46. The molecule has 0 amide bonds. The number of allylic oxidation sites excluding steroid dienone is 1. The zero-order chi connectivity index (χ0) is 5.82. The van der Waals surface area contributed by atoms with E-state index in [0.717, 1.165) is 5.25 Å². The van der Waals surface area contributed by atoms with Gasteiger partial charge in [0.05, 0.1) is 0 Å². The first-order valence-electron chi connectivity index (χ1n) is 3.16. The van der Waals surface area contributed by atoms with Crippen LogP contribution < -0.4 is 0 Å². The smallest absolute Gasteiger partial charge is 0.00817 e. The van der Waals surface area contributed by atoms with Gasteiger partial charge in [0, 0.05) is 5.25 Å². The first kappa shape index (κ1) is 6.21. The third-order valence-electron chi connectivity index (χ3n) is 1.45. The molecule has 0 aromatic rings. The van der Waals surface area contributed by atoms with Crippen molar-refractivity contribution in [3.63, 3.8) is 0 Å². The van der Waals surface area contributed by atoms with Crippen LogP contribution in [-0.2, 0) is 0 Å². The van der Waals surface area contributed by atoms with Gasteiger partial charge in [-0.1, -0.05) is 6.08 Å². The summed E-state index contributed by atoms with van der Waals surface area (Å²) < 4.78 is 0. The summed E-state index contributed by atoms with van der Waals surface area (Å²) in [5.74, 6) is 1.37. The van der Waals surface area contributed by atoms with Gasteiger partial charge in [-0.05, 0) is 25.0 Å². The Hall–Kier alpha value is 0.0900. The van der Waals surface area contributed by atoms with Gasteiger partial charge in [0.1, 0.15) is 0 Å². The highest BCUT2D eigenvalue weighted by molar-refractivity contribution is 8.00. The molecular formula is C7H12S. The molecule has 1 unspecified atom stereocenters. The molecule has 0 N–H and O–H groups in total. The fourth-order valence-electron chi connectivity index (χ4n) is 1.02. The van der Waals surface area contributed by atoms with E-state index in [9.17, 15) is 0 Å². The maximum absolute atomic E-state index is 3.71. The molecule has 1 heteroatoms. The van der Waals surface area contributed by atoms with Crippen molar-refractivity contribution in [2.24, 2.45) is 0 Å². The molecule has 0 aromatic heterocycles. The molecule has 0 aromatic carbocycles. The van der Waals surface area contributed by atoms with Crippen LogP contribution in [0.5, 0.6) is 0 Å². The normalized spacial score (nSPS) is 28.2.